The highest BCUT2D eigenvalue weighted by molar-refractivity contribution is 6.14. The van der Waals surface area contributed by atoms with E-state index in [0.717, 1.165) is 11.1 Å². The smallest absolute Gasteiger partial charge is 0.346 e. The molecule has 0 unspecified atom stereocenters. The molecule has 2 heterocycles. The molecular formula is C18H10O5. The molecule has 2 aliphatic heterocycles. The first-order valence-electron chi connectivity index (χ1n) is 6.97. The predicted molar refractivity (Wildman–Crippen MR) is 79.9 cm³/mol. The largest absolute Gasteiger partial charge is 0.423 e. The van der Waals surface area contributed by atoms with E-state index >= 15 is 0 Å². The van der Waals surface area contributed by atoms with E-state index in [0.29, 0.717) is 28.9 Å². The molecule has 23 heavy (non-hydrogen) atoms. The van der Waals surface area contributed by atoms with E-state index in [2.05, 4.69) is 11.3 Å². The summed E-state index contributed by atoms with van der Waals surface area (Å²) in [7, 11) is 0. The van der Waals surface area contributed by atoms with Gasteiger partial charge >= 0.3 is 17.9 Å². The van der Waals surface area contributed by atoms with Crippen molar-refractivity contribution in [3.63, 3.8) is 0 Å². The van der Waals surface area contributed by atoms with E-state index in [-0.39, 0.29) is 5.56 Å². The first kappa shape index (κ1) is 13.5. The number of hydrogen-bond acceptors (Lipinski definition) is 5. The Bertz CT molecular complexity index is 848. The monoisotopic (exact) mass is 306 g/mol. The Morgan fingerprint density at radius 1 is 0.696 bits per heavy atom. The molecule has 0 bridgehead atoms. The molecule has 0 radical (unpaired) electrons. The zero-order chi connectivity index (χ0) is 16.1. The van der Waals surface area contributed by atoms with Crippen LogP contribution in [-0.2, 0) is 15.9 Å². The molecule has 0 saturated heterocycles. The average Bonchev–Trinajstić information content (AvgIpc) is 2.96. The highest BCUT2D eigenvalue weighted by atomic mass is 16.6. The molecule has 0 aromatic heterocycles. The van der Waals surface area contributed by atoms with E-state index in [4.69, 9.17) is 4.74 Å². The van der Waals surface area contributed by atoms with Gasteiger partial charge in [-0.05, 0) is 41.8 Å². The average molecular weight is 306 g/mol. The van der Waals surface area contributed by atoms with E-state index < -0.39 is 17.9 Å². The van der Waals surface area contributed by atoms with Crippen LogP contribution < -0.4 is 0 Å². The summed E-state index contributed by atoms with van der Waals surface area (Å²) in [4.78, 5) is 34.6. The van der Waals surface area contributed by atoms with Crippen LogP contribution in [0.3, 0.4) is 0 Å². The summed E-state index contributed by atoms with van der Waals surface area (Å²) in [5.74, 6) is -1.28. The fourth-order valence-corrected chi connectivity index (χ4v) is 2.81. The molecule has 0 aliphatic carbocycles. The van der Waals surface area contributed by atoms with Gasteiger partial charge in [-0.3, -0.25) is 0 Å². The van der Waals surface area contributed by atoms with Crippen LogP contribution in [0.4, 0.5) is 0 Å². The van der Waals surface area contributed by atoms with Gasteiger partial charge in [0.25, 0.3) is 0 Å². The molecule has 2 aromatic rings. The third-order valence-corrected chi connectivity index (χ3v) is 3.94. The van der Waals surface area contributed by atoms with Crippen molar-refractivity contribution in [3.8, 4) is 0 Å². The normalized spacial score (nSPS) is 15.3. The van der Waals surface area contributed by atoms with E-state index in [1.165, 1.54) is 0 Å². The molecule has 0 spiro atoms. The first-order chi connectivity index (χ1) is 11.0. The van der Waals surface area contributed by atoms with Gasteiger partial charge in [0, 0.05) is 5.56 Å². The van der Waals surface area contributed by atoms with Gasteiger partial charge in [-0.15, -0.1) is 0 Å². The number of carbonyl (C=O) groups is 3. The fourth-order valence-electron chi connectivity index (χ4n) is 2.81. The van der Waals surface area contributed by atoms with Crippen LogP contribution in [0.5, 0.6) is 0 Å². The lowest BCUT2D eigenvalue weighted by molar-refractivity contribution is 0.0443. The molecular weight excluding hydrogens is 296 g/mol. The van der Waals surface area contributed by atoms with Crippen molar-refractivity contribution in [1.29, 1.82) is 0 Å². The van der Waals surface area contributed by atoms with Crippen LogP contribution in [0.2, 0.25) is 0 Å². The van der Waals surface area contributed by atoms with Crippen LogP contribution >= 0.6 is 0 Å². The molecule has 5 heteroatoms. The third-order valence-electron chi connectivity index (χ3n) is 3.94. The number of rotatable bonds is 2. The van der Waals surface area contributed by atoms with E-state index in [1.807, 2.05) is 12.1 Å². The second kappa shape index (κ2) is 4.64. The number of benzene rings is 2. The Morgan fingerprint density at radius 3 is 1.91 bits per heavy atom. The standard InChI is InChI=1S/C18H10O5/c1-9-14-7-10(2-4-12(14)16(19)22-9)6-11-3-5-13-15(8-11)18(21)23-17(13)20/h2-5,7-8H,1,6H2. The molecule has 0 saturated carbocycles. The Hall–Kier alpha value is -3.21. The van der Waals surface area contributed by atoms with Gasteiger partial charge in [0.2, 0.25) is 0 Å². The number of esters is 3. The maximum absolute atomic E-state index is 11.6. The Balaban J connectivity index is 1.68. The lowest BCUT2D eigenvalue weighted by Gasteiger charge is -2.05. The van der Waals surface area contributed by atoms with Gasteiger partial charge in [-0.1, -0.05) is 18.7 Å². The molecule has 2 aromatic carbocycles. The van der Waals surface area contributed by atoms with Crippen molar-refractivity contribution in [2.45, 2.75) is 6.42 Å². The van der Waals surface area contributed by atoms with Crippen LogP contribution in [0.15, 0.2) is 43.0 Å². The summed E-state index contributed by atoms with van der Waals surface area (Å²) in [6.07, 6.45) is 0.545. The summed E-state index contributed by atoms with van der Waals surface area (Å²) in [6, 6.07) is 10.4. The first-order valence-corrected chi connectivity index (χ1v) is 6.97. The minimum atomic E-state index is -0.617. The second-order valence-electron chi connectivity index (χ2n) is 5.43. The van der Waals surface area contributed by atoms with Crippen LogP contribution in [0.25, 0.3) is 5.76 Å². The Kier molecular flexibility index (Phi) is 2.72. The lowest BCUT2D eigenvalue weighted by atomic mass is 9.97. The number of hydrogen-bond donors (Lipinski definition) is 0. The minimum absolute atomic E-state index is 0.289. The zero-order valence-electron chi connectivity index (χ0n) is 11.9. The lowest BCUT2D eigenvalue weighted by Crippen LogP contribution is -1.97. The molecule has 4 rings (SSSR count). The molecule has 5 nitrogen and oxygen atoms in total. The predicted octanol–water partition coefficient (Wildman–Crippen LogP) is 2.73. The van der Waals surface area contributed by atoms with Crippen molar-refractivity contribution in [3.05, 3.63) is 76.4 Å². The zero-order valence-corrected chi connectivity index (χ0v) is 11.9. The molecule has 0 fully saturated rings. The van der Waals surface area contributed by atoms with Gasteiger partial charge in [-0.25, -0.2) is 14.4 Å². The number of ether oxygens (including phenoxy) is 2. The van der Waals surface area contributed by atoms with Gasteiger partial charge in [-0.2, -0.15) is 0 Å². The summed E-state index contributed by atoms with van der Waals surface area (Å²) < 4.78 is 9.57. The maximum atomic E-state index is 11.6. The highest BCUT2D eigenvalue weighted by Crippen LogP contribution is 2.30. The van der Waals surface area contributed by atoms with Crippen molar-refractivity contribution in [2.75, 3.05) is 0 Å². The van der Waals surface area contributed by atoms with Crippen LogP contribution in [0, 0.1) is 0 Å². The molecule has 2 aliphatic rings. The van der Waals surface area contributed by atoms with Gasteiger partial charge in [0.1, 0.15) is 5.76 Å². The summed E-state index contributed by atoms with van der Waals surface area (Å²) in [6.45, 7) is 3.72. The minimum Gasteiger partial charge on any atom is -0.423 e. The molecule has 112 valence electrons. The topological polar surface area (TPSA) is 69.7 Å². The van der Waals surface area contributed by atoms with Crippen molar-refractivity contribution in [1.82, 2.24) is 0 Å². The van der Waals surface area contributed by atoms with Crippen molar-refractivity contribution >= 4 is 23.7 Å². The van der Waals surface area contributed by atoms with Crippen molar-refractivity contribution < 1.29 is 23.9 Å². The van der Waals surface area contributed by atoms with Gasteiger partial charge in [0.05, 0.1) is 16.7 Å². The Labute approximate surface area is 131 Å². The number of carbonyl (C=O) groups excluding carboxylic acids is 3. The highest BCUT2D eigenvalue weighted by Gasteiger charge is 2.29. The molecule has 0 atom stereocenters. The Morgan fingerprint density at radius 2 is 1.22 bits per heavy atom. The SMILES string of the molecule is C=C1OC(=O)c2ccc(Cc3ccc4c(c3)C(=O)OC4=O)cc21. The van der Waals surface area contributed by atoms with Crippen molar-refractivity contribution in [2.24, 2.45) is 0 Å². The van der Waals surface area contributed by atoms with E-state index in [1.54, 1.807) is 24.3 Å². The quantitative estimate of drug-likeness (QED) is 0.630. The number of cyclic esters (lactones) is 3. The van der Waals surface area contributed by atoms with Gasteiger partial charge in [0.15, 0.2) is 0 Å². The fraction of sp³-hybridized carbons (Fsp3) is 0.0556. The molecule has 0 N–H and O–H groups in total. The summed E-state index contributed by atoms with van der Waals surface area (Å²) >= 11 is 0. The van der Waals surface area contributed by atoms with Gasteiger partial charge < -0.3 is 9.47 Å². The molecule has 0 amide bonds. The van der Waals surface area contributed by atoms with E-state index in [9.17, 15) is 14.4 Å². The second-order valence-corrected chi connectivity index (χ2v) is 5.43. The summed E-state index contributed by atoms with van der Waals surface area (Å²) in [5, 5.41) is 0. The number of fused-ring (bicyclic) bond motifs is 2. The third kappa shape index (κ3) is 2.05. The summed E-state index contributed by atoms with van der Waals surface area (Å²) in [5.41, 5.74) is 3.58. The maximum Gasteiger partial charge on any atom is 0.346 e. The van der Waals surface area contributed by atoms with Crippen LogP contribution in [0.1, 0.15) is 47.8 Å². The van der Waals surface area contributed by atoms with Crippen LogP contribution in [-0.4, -0.2) is 17.9 Å².